The number of hydrogen-bond donors (Lipinski definition) is 0. The first-order chi connectivity index (χ1) is 6.83. The summed E-state index contributed by atoms with van der Waals surface area (Å²) in [6.07, 6.45) is 14.2. The fraction of sp³-hybridized carbons (Fsp3) is 0.714. The van der Waals surface area contributed by atoms with Crippen LogP contribution in [-0.4, -0.2) is 0 Å². The smallest absolute Gasteiger partial charge is 0.0162 e. The minimum Gasteiger partial charge on any atom is -0.0851 e. The van der Waals surface area contributed by atoms with Gasteiger partial charge in [-0.25, -0.2) is 0 Å². The van der Waals surface area contributed by atoms with Gasteiger partial charge in [-0.15, -0.1) is 0 Å². The molecule has 0 aromatic rings. The third-order valence-corrected chi connectivity index (χ3v) is 3.81. The number of fused-ring (bicyclic) bond motifs is 2. The summed E-state index contributed by atoms with van der Waals surface area (Å²) >= 11 is 0. The van der Waals surface area contributed by atoms with E-state index in [0.717, 1.165) is 17.8 Å². The largest absolute Gasteiger partial charge is 0.0851 e. The van der Waals surface area contributed by atoms with Crippen LogP contribution in [0.15, 0.2) is 23.8 Å². The fourth-order valence-corrected chi connectivity index (χ4v) is 3.02. The highest BCUT2D eigenvalue weighted by molar-refractivity contribution is 5.17. The summed E-state index contributed by atoms with van der Waals surface area (Å²) in [6.45, 7) is 4.58. The van der Waals surface area contributed by atoms with Gasteiger partial charge in [0.25, 0.3) is 0 Å². The molecule has 0 heteroatoms. The Morgan fingerprint density at radius 3 is 2.64 bits per heavy atom. The second-order valence-electron chi connectivity index (χ2n) is 4.87. The predicted octanol–water partition coefficient (Wildman–Crippen LogP) is 4.34. The molecule has 78 valence electrons. The van der Waals surface area contributed by atoms with Crippen molar-refractivity contribution in [1.82, 2.24) is 0 Å². The van der Waals surface area contributed by atoms with Crippen molar-refractivity contribution >= 4 is 0 Å². The SMILES string of the molecule is CCCC(=CC1CC2C=CC1C2)CC. The maximum Gasteiger partial charge on any atom is -0.0162 e. The Morgan fingerprint density at radius 2 is 2.14 bits per heavy atom. The van der Waals surface area contributed by atoms with Crippen LogP contribution < -0.4 is 0 Å². The summed E-state index contributed by atoms with van der Waals surface area (Å²) in [5, 5.41) is 0. The Balaban J connectivity index is 1.98. The van der Waals surface area contributed by atoms with E-state index < -0.39 is 0 Å². The van der Waals surface area contributed by atoms with Crippen LogP contribution in [0.25, 0.3) is 0 Å². The molecular weight excluding hydrogens is 168 g/mol. The standard InChI is InChI=1S/C14H22/c1-3-5-11(4-2)8-14-10-12-6-7-13(14)9-12/h6-8,12-14H,3-5,9-10H2,1-2H3. The van der Waals surface area contributed by atoms with E-state index in [1.54, 1.807) is 5.57 Å². The van der Waals surface area contributed by atoms with Gasteiger partial charge in [-0.1, -0.05) is 44.1 Å². The highest BCUT2D eigenvalue weighted by Crippen LogP contribution is 2.44. The average molecular weight is 190 g/mol. The van der Waals surface area contributed by atoms with E-state index in [0.29, 0.717) is 0 Å². The molecule has 0 amide bonds. The van der Waals surface area contributed by atoms with Crippen molar-refractivity contribution in [2.24, 2.45) is 17.8 Å². The summed E-state index contributed by atoms with van der Waals surface area (Å²) in [5.74, 6) is 2.69. The zero-order valence-electron chi connectivity index (χ0n) is 9.50. The van der Waals surface area contributed by atoms with E-state index in [9.17, 15) is 0 Å². The second-order valence-corrected chi connectivity index (χ2v) is 4.87. The van der Waals surface area contributed by atoms with Crippen LogP contribution in [0.1, 0.15) is 46.0 Å². The number of allylic oxidation sites excluding steroid dienone is 4. The molecule has 2 rings (SSSR count). The number of rotatable bonds is 4. The van der Waals surface area contributed by atoms with Crippen molar-refractivity contribution in [3.05, 3.63) is 23.8 Å². The lowest BCUT2D eigenvalue weighted by Crippen LogP contribution is -2.04. The first-order valence-electron chi connectivity index (χ1n) is 6.21. The summed E-state index contributed by atoms with van der Waals surface area (Å²) < 4.78 is 0. The first kappa shape index (κ1) is 10.0. The number of hydrogen-bond acceptors (Lipinski definition) is 0. The lowest BCUT2D eigenvalue weighted by molar-refractivity contribution is 0.543. The van der Waals surface area contributed by atoms with Crippen LogP contribution in [0.4, 0.5) is 0 Å². The molecule has 3 unspecified atom stereocenters. The minimum absolute atomic E-state index is 0.881. The molecule has 2 bridgehead atoms. The molecule has 0 spiro atoms. The molecule has 0 N–H and O–H groups in total. The quantitative estimate of drug-likeness (QED) is 0.579. The molecule has 14 heavy (non-hydrogen) atoms. The highest BCUT2D eigenvalue weighted by atomic mass is 14.4. The van der Waals surface area contributed by atoms with Crippen LogP contribution in [0.3, 0.4) is 0 Å². The molecule has 0 nitrogen and oxygen atoms in total. The zero-order chi connectivity index (χ0) is 9.97. The summed E-state index contributed by atoms with van der Waals surface area (Å²) in [6, 6.07) is 0. The molecule has 2 aliphatic rings. The molecule has 1 fully saturated rings. The molecule has 0 aliphatic heterocycles. The average Bonchev–Trinajstić information content (AvgIpc) is 2.78. The van der Waals surface area contributed by atoms with Gasteiger partial charge in [-0.3, -0.25) is 0 Å². The fourth-order valence-electron chi connectivity index (χ4n) is 3.02. The third kappa shape index (κ3) is 1.94. The van der Waals surface area contributed by atoms with Gasteiger partial charge in [0.1, 0.15) is 0 Å². The molecule has 1 saturated carbocycles. The van der Waals surface area contributed by atoms with Crippen LogP contribution in [0, 0.1) is 17.8 Å². The van der Waals surface area contributed by atoms with Crippen molar-refractivity contribution in [1.29, 1.82) is 0 Å². The Kier molecular flexibility index (Phi) is 3.10. The van der Waals surface area contributed by atoms with E-state index >= 15 is 0 Å². The summed E-state index contributed by atoms with van der Waals surface area (Å²) in [4.78, 5) is 0. The molecule has 0 radical (unpaired) electrons. The maximum atomic E-state index is 2.59. The maximum absolute atomic E-state index is 2.59. The summed E-state index contributed by atoms with van der Waals surface area (Å²) in [5.41, 5.74) is 1.69. The monoisotopic (exact) mass is 190 g/mol. The third-order valence-electron chi connectivity index (χ3n) is 3.81. The van der Waals surface area contributed by atoms with Gasteiger partial charge in [-0.2, -0.15) is 0 Å². The van der Waals surface area contributed by atoms with Gasteiger partial charge in [0, 0.05) is 0 Å². The van der Waals surface area contributed by atoms with Gasteiger partial charge < -0.3 is 0 Å². The van der Waals surface area contributed by atoms with E-state index in [4.69, 9.17) is 0 Å². The van der Waals surface area contributed by atoms with E-state index in [-0.39, 0.29) is 0 Å². The van der Waals surface area contributed by atoms with E-state index in [1.807, 2.05) is 0 Å². The van der Waals surface area contributed by atoms with Gasteiger partial charge in [0.15, 0.2) is 0 Å². The molecule has 2 aliphatic carbocycles. The molecule has 0 heterocycles. The Bertz CT molecular complexity index is 247. The van der Waals surface area contributed by atoms with Gasteiger partial charge in [0.2, 0.25) is 0 Å². The lowest BCUT2D eigenvalue weighted by atomic mass is 9.90. The normalized spacial score (nSPS) is 35.6. The van der Waals surface area contributed by atoms with Crippen LogP contribution >= 0.6 is 0 Å². The van der Waals surface area contributed by atoms with Gasteiger partial charge in [0.05, 0.1) is 0 Å². The molecule has 0 aromatic heterocycles. The lowest BCUT2D eigenvalue weighted by Gasteiger charge is -2.15. The van der Waals surface area contributed by atoms with E-state index in [1.165, 1.54) is 32.1 Å². The van der Waals surface area contributed by atoms with Crippen molar-refractivity contribution in [2.75, 3.05) is 0 Å². The van der Waals surface area contributed by atoms with Gasteiger partial charge in [-0.05, 0) is 43.4 Å². The van der Waals surface area contributed by atoms with E-state index in [2.05, 4.69) is 32.1 Å². The zero-order valence-corrected chi connectivity index (χ0v) is 9.50. The molecule has 0 aromatic carbocycles. The Labute approximate surface area is 88.1 Å². The predicted molar refractivity (Wildman–Crippen MR) is 62.1 cm³/mol. The molecule has 0 saturated heterocycles. The Hall–Kier alpha value is -0.520. The topological polar surface area (TPSA) is 0 Å². The van der Waals surface area contributed by atoms with Crippen LogP contribution in [0.5, 0.6) is 0 Å². The Morgan fingerprint density at radius 1 is 1.29 bits per heavy atom. The van der Waals surface area contributed by atoms with Crippen molar-refractivity contribution < 1.29 is 0 Å². The summed E-state index contributed by atoms with van der Waals surface area (Å²) in [7, 11) is 0. The van der Waals surface area contributed by atoms with Crippen molar-refractivity contribution in [2.45, 2.75) is 46.0 Å². The second kappa shape index (κ2) is 4.33. The van der Waals surface area contributed by atoms with Crippen LogP contribution in [-0.2, 0) is 0 Å². The van der Waals surface area contributed by atoms with Crippen LogP contribution in [0.2, 0.25) is 0 Å². The minimum atomic E-state index is 0.881. The molecular formula is C14H22. The molecule has 3 atom stereocenters. The highest BCUT2D eigenvalue weighted by Gasteiger charge is 2.34. The first-order valence-corrected chi connectivity index (χ1v) is 6.21. The van der Waals surface area contributed by atoms with Gasteiger partial charge >= 0.3 is 0 Å². The van der Waals surface area contributed by atoms with Crippen molar-refractivity contribution in [3.63, 3.8) is 0 Å². The van der Waals surface area contributed by atoms with Crippen molar-refractivity contribution in [3.8, 4) is 0 Å².